The van der Waals surface area contributed by atoms with Crippen molar-refractivity contribution >= 4 is 44.7 Å². The summed E-state index contributed by atoms with van der Waals surface area (Å²) in [6.07, 6.45) is 2.50. The van der Waals surface area contributed by atoms with Crippen molar-refractivity contribution in [2.24, 2.45) is 5.10 Å². The van der Waals surface area contributed by atoms with E-state index in [0.717, 1.165) is 22.2 Å². The van der Waals surface area contributed by atoms with Crippen molar-refractivity contribution in [1.82, 2.24) is 5.43 Å². The van der Waals surface area contributed by atoms with Crippen molar-refractivity contribution in [3.05, 3.63) is 68.4 Å². The Morgan fingerprint density at radius 1 is 1.34 bits per heavy atom. The molecule has 1 aromatic heterocycles. The topological polar surface area (TPSA) is 107 Å². The third-order valence-corrected chi connectivity index (χ3v) is 4.79. The summed E-state index contributed by atoms with van der Waals surface area (Å²) in [5.41, 5.74) is 3.44. The van der Waals surface area contributed by atoms with Gasteiger partial charge in [0, 0.05) is 17.5 Å². The van der Waals surface area contributed by atoms with Gasteiger partial charge in [-0.25, -0.2) is 5.43 Å². The summed E-state index contributed by atoms with van der Waals surface area (Å²) in [5.74, 6) is 0.184. The highest BCUT2D eigenvalue weighted by Gasteiger charge is 2.14. The summed E-state index contributed by atoms with van der Waals surface area (Å²) in [7, 11) is 0. The number of amides is 1. The number of furan rings is 1. The maximum absolute atomic E-state index is 12.2. The molecule has 2 aromatic carbocycles. The number of nitrogens with one attached hydrogen (secondary N) is 1. The number of nitro groups is 1. The quantitative estimate of drug-likeness (QED) is 0.302. The van der Waals surface area contributed by atoms with Gasteiger partial charge in [-0.3, -0.25) is 14.9 Å². The van der Waals surface area contributed by atoms with Crippen LogP contribution in [0.15, 0.2) is 56.5 Å². The van der Waals surface area contributed by atoms with Crippen molar-refractivity contribution in [2.45, 2.75) is 26.4 Å². The Balaban J connectivity index is 1.67. The average molecular weight is 460 g/mol. The molecule has 1 atom stereocenters. The van der Waals surface area contributed by atoms with Crippen molar-refractivity contribution < 1.29 is 18.9 Å². The monoisotopic (exact) mass is 459 g/mol. The molecule has 1 unspecified atom stereocenters. The number of hydrazone groups is 1. The molecule has 0 spiro atoms. The number of hydrogen-bond donors (Lipinski definition) is 1. The number of hydrogen-bond acceptors (Lipinski definition) is 6. The van der Waals surface area contributed by atoms with Gasteiger partial charge >= 0.3 is 5.91 Å². The molecule has 1 N–H and O–H groups in total. The van der Waals surface area contributed by atoms with Crippen molar-refractivity contribution in [3.63, 3.8) is 0 Å². The molecule has 0 bridgehead atoms. The van der Waals surface area contributed by atoms with E-state index in [1.54, 1.807) is 0 Å². The van der Waals surface area contributed by atoms with E-state index < -0.39 is 10.8 Å². The van der Waals surface area contributed by atoms with Crippen LogP contribution < -0.4 is 10.2 Å². The molecule has 0 aliphatic heterocycles. The summed E-state index contributed by atoms with van der Waals surface area (Å²) in [5, 5.41) is 15.2. The number of fused-ring (bicyclic) bond motifs is 1. The van der Waals surface area contributed by atoms with Gasteiger partial charge in [0.1, 0.15) is 11.3 Å². The molecule has 29 heavy (non-hydrogen) atoms. The fourth-order valence-corrected chi connectivity index (χ4v) is 2.96. The molecule has 0 aliphatic carbocycles. The predicted molar refractivity (Wildman–Crippen MR) is 112 cm³/mol. The first-order valence-corrected chi connectivity index (χ1v) is 9.64. The van der Waals surface area contributed by atoms with Crippen LogP contribution >= 0.6 is 15.9 Å². The first kappa shape index (κ1) is 20.5. The number of carbonyl (C=O) groups is 1. The third kappa shape index (κ3) is 5.00. The van der Waals surface area contributed by atoms with Crippen LogP contribution in [0.1, 0.15) is 36.4 Å². The summed E-state index contributed by atoms with van der Waals surface area (Å²) < 4.78 is 12.0. The SMILES string of the molecule is CCC(C)Oc1ccc(/C=N/NC(=O)c2cc3cc([N+](=O)[O-])ccc3o2)cc1Br. The van der Waals surface area contributed by atoms with E-state index >= 15 is 0 Å². The molecule has 1 amide bonds. The second-order valence-corrected chi connectivity index (χ2v) is 7.17. The molecule has 3 rings (SSSR count). The minimum Gasteiger partial charge on any atom is -0.490 e. The van der Waals surface area contributed by atoms with Gasteiger partial charge in [0.25, 0.3) is 5.69 Å². The highest BCUT2D eigenvalue weighted by Crippen LogP contribution is 2.27. The van der Waals surface area contributed by atoms with Gasteiger partial charge in [-0.1, -0.05) is 6.92 Å². The molecule has 3 aromatic rings. The zero-order chi connectivity index (χ0) is 21.0. The van der Waals surface area contributed by atoms with Crippen LogP contribution in [0.25, 0.3) is 11.0 Å². The van der Waals surface area contributed by atoms with Crippen molar-refractivity contribution in [3.8, 4) is 5.75 Å². The van der Waals surface area contributed by atoms with Gasteiger partial charge in [0.05, 0.1) is 21.7 Å². The smallest absolute Gasteiger partial charge is 0.307 e. The molecular formula is C20H18BrN3O5. The molecule has 1 heterocycles. The zero-order valence-corrected chi connectivity index (χ0v) is 17.3. The van der Waals surface area contributed by atoms with E-state index in [2.05, 4.69) is 26.5 Å². The van der Waals surface area contributed by atoms with E-state index in [0.29, 0.717) is 11.0 Å². The van der Waals surface area contributed by atoms with Crippen LogP contribution in [0.5, 0.6) is 5.75 Å². The third-order valence-electron chi connectivity index (χ3n) is 4.17. The van der Waals surface area contributed by atoms with Crippen LogP contribution in [0.2, 0.25) is 0 Å². The molecule has 0 saturated heterocycles. The number of benzene rings is 2. The predicted octanol–water partition coefficient (Wildman–Crippen LogP) is 5.04. The van der Waals surface area contributed by atoms with Crippen LogP contribution in [0.4, 0.5) is 5.69 Å². The Labute approximate surface area is 174 Å². The molecule has 8 nitrogen and oxygen atoms in total. The van der Waals surface area contributed by atoms with Crippen molar-refractivity contribution in [2.75, 3.05) is 0 Å². The van der Waals surface area contributed by atoms with E-state index in [1.165, 1.54) is 30.5 Å². The van der Waals surface area contributed by atoms with Crippen LogP contribution in [-0.2, 0) is 0 Å². The number of nitrogens with zero attached hydrogens (tertiary/aromatic N) is 2. The zero-order valence-electron chi connectivity index (χ0n) is 15.7. The lowest BCUT2D eigenvalue weighted by Gasteiger charge is -2.14. The van der Waals surface area contributed by atoms with Gasteiger partial charge in [-0.2, -0.15) is 5.10 Å². The van der Waals surface area contributed by atoms with E-state index in [1.807, 2.05) is 32.0 Å². The van der Waals surface area contributed by atoms with E-state index in [-0.39, 0.29) is 17.6 Å². The Bertz CT molecular complexity index is 1090. The van der Waals surface area contributed by atoms with Gasteiger partial charge in [0.2, 0.25) is 0 Å². The fraction of sp³-hybridized carbons (Fsp3) is 0.200. The Morgan fingerprint density at radius 3 is 2.83 bits per heavy atom. The molecular weight excluding hydrogens is 442 g/mol. The molecule has 0 saturated carbocycles. The Kier molecular flexibility index (Phi) is 6.28. The van der Waals surface area contributed by atoms with Gasteiger partial charge in [0.15, 0.2) is 5.76 Å². The minimum absolute atomic E-state index is 0.0103. The second kappa shape index (κ2) is 8.87. The van der Waals surface area contributed by atoms with E-state index in [9.17, 15) is 14.9 Å². The lowest BCUT2D eigenvalue weighted by Crippen LogP contribution is -2.16. The first-order valence-electron chi connectivity index (χ1n) is 8.85. The second-order valence-electron chi connectivity index (χ2n) is 6.32. The van der Waals surface area contributed by atoms with Gasteiger partial charge in [-0.15, -0.1) is 0 Å². The highest BCUT2D eigenvalue weighted by molar-refractivity contribution is 9.10. The minimum atomic E-state index is -0.559. The van der Waals surface area contributed by atoms with Crippen molar-refractivity contribution in [1.29, 1.82) is 0 Å². The van der Waals surface area contributed by atoms with Gasteiger partial charge in [-0.05, 0) is 65.2 Å². The largest absolute Gasteiger partial charge is 0.490 e. The molecule has 0 radical (unpaired) electrons. The van der Waals surface area contributed by atoms with E-state index in [4.69, 9.17) is 9.15 Å². The number of rotatable bonds is 7. The maximum atomic E-state index is 12.2. The fourth-order valence-electron chi connectivity index (χ4n) is 2.47. The molecule has 0 aliphatic rings. The molecule has 150 valence electrons. The Hall–Kier alpha value is -3.20. The molecule has 9 heteroatoms. The van der Waals surface area contributed by atoms with Crippen LogP contribution in [-0.4, -0.2) is 23.1 Å². The maximum Gasteiger partial charge on any atom is 0.307 e. The Morgan fingerprint density at radius 2 is 2.14 bits per heavy atom. The lowest BCUT2D eigenvalue weighted by molar-refractivity contribution is -0.384. The summed E-state index contributed by atoms with van der Waals surface area (Å²) in [6.45, 7) is 4.04. The lowest BCUT2D eigenvalue weighted by atomic mass is 10.2. The molecule has 0 fully saturated rings. The number of carbonyl (C=O) groups excluding carboxylic acids is 1. The van der Waals surface area contributed by atoms with Gasteiger partial charge < -0.3 is 9.15 Å². The summed E-state index contributed by atoms with van der Waals surface area (Å²) in [6, 6.07) is 11.0. The number of nitro benzene ring substituents is 1. The summed E-state index contributed by atoms with van der Waals surface area (Å²) >= 11 is 3.46. The van der Waals surface area contributed by atoms with Crippen LogP contribution in [0.3, 0.4) is 0 Å². The summed E-state index contributed by atoms with van der Waals surface area (Å²) in [4.78, 5) is 22.6. The standard InChI is InChI=1S/C20H18BrN3O5/c1-3-12(2)28-18-6-4-13(8-16(18)21)11-22-23-20(25)19-10-14-9-15(24(26)27)5-7-17(14)29-19/h4-12H,3H2,1-2H3,(H,23,25)/b22-11+. The normalized spacial score (nSPS) is 12.2. The number of ether oxygens (including phenoxy) is 1. The highest BCUT2D eigenvalue weighted by atomic mass is 79.9. The van der Waals surface area contributed by atoms with Crippen LogP contribution in [0, 0.1) is 10.1 Å². The number of non-ortho nitro benzene ring substituents is 1. The average Bonchev–Trinajstić information content (AvgIpc) is 3.13. The number of halogens is 1. The first-order chi connectivity index (χ1) is 13.9.